The first-order valence-electron chi connectivity index (χ1n) is 11.2. The van der Waals surface area contributed by atoms with Gasteiger partial charge in [-0.15, -0.1) is 0 Å². The van der Waals surface area contributed by atoms with Gasteiger partial charge in [0.2, 0.25) is 0 Å². The molecule has 3 rings (SSSR count). The lowest BCUT2D eigenvalue weighted by molar-refractivity contribution is 0.0906. The van der Waals surface area contributed by atoms with Crippen molar-refractivity contribution in [1.82, 2.24) is 10.2 Å². The smallest absolute Gasteiger partial charge is 0.287 e. The Balaban J connectivity index is 1.57. The van der Waals surface area contributed by atoms with Gasteiger partial charge in [0.05, 0.1) is 20.8 Å². The Labute approximate surface area is 196 Å². The molecule has 0 aliphatic rings. The molecular formula is C27H34N2O4. The van der Waals surface area contributed by atoms with Gasteiger partial charge in [-0.1, -0.05) is 36.4 Å². The van der Waals surface area contributed by atoms with Gasteiger partial charge in [0.1, 0.15) is 5.76 Å². The number of carbonyl (C=O) groups is 1. The van der Waals surface area contributed by atoms with Crippen molar-refractivity contribution in [2.75, 3.05) is 20.8 Å². The van der Waals surface area contributed by atoms with E-state index in [9.17, 15) is 4.79 Å². The first kappa shape index (κ1) is 24.4. The third-order valence-electron chi connectivity index (χ3n) is 5.54. The maximum Gasteiger partial charge on any atom is 0.287 e. The SMILES string of the molecule is COc1ccc(CCNC(=O)c2ccc(CN(Cc3ccccc3)C(C)(C)C)o2)cc1OC. The molecule has 0 saturated carbocycles. The molecule has 0 bridgehead atoms. The van der Waals surface area contributed by atoms with E-state index in [2.05, 4.69) is 43.1 Å². The average molecular weight is 451 g/mol. The molecule has 33 heavy (non-hydrogen) atoms. The summed E-state index contributed by atoms with van der Waals surface area (Å²) in [6.45, 7) is 8.46. The van der Waals surface area contributed by atoms with Gasteiger partial charge < -0.3 is 19.2 Å². The maximum absolute atomic E-state index is 12.6. The quantitative estimate of drug-likeness (QED) is 0.467. The van der Waals surface area contributed by atoms with Crippen molar-refractivity contribution in [2.24, 2.45) is 0 Å². The van der Waals surface area contributed by atoms with Gasteiger partial charge in [-0.05, 0) is 62.6 Å². The summed E-state index contributed by atoms with van der Waals surface area (Å²) >= 11 is 0. The molecule has 0 radical (unpaired) electrons. The van der Waals surface area contributed by atoms with E-state index in [1.165, 1.54) is 5.56 Å². The predicted octanol–water partition coefficient (Wildman–Crippen LogP) is 5.07. The van der Waals surface area contributed by atoms with E-state index in [1.54, 1.807) is 20.3 Å². The number of amides is 1. The summed E-state index contributed by atoms with van der Waals surface area (Å²) in [5.74, 6) is 2.24. The van der Waals surface area contributed by atoms with Gasteiger partial charge in [-0.25, -0.2) is 0 Å². The Morgan fingerprint density at radius 1 is 0.909 bits per heavy atom. The fourth-order valence-electron chi connectivity index (χ4n) is 3.55. The van der Waals surface area contributed by atoms with Gasteiger partial charge in [0.15, 0.2) is 17.3 Å². The van der Waals surface area contributed by atoms with Gasteiger partial charge in [0, 0.05) is 18.6 Å². The van der Waals surface area contributed by atoms with Crippen molar-refractivity contribution < 1.29 is 18.7 Å². The summed E-state index contributed by atoms with van der Waals surface area (Å²) in [6.07, 6.45) is 0.675. The van der Waals surface area contributed by atoms with Gasteiger partial charge >= 0.3 is 0 Å². The third-order valence-corrected chi connectivity index (χ3v) is 5.54. The van der Waals surface area contributed by atoms with Crippen molar-refractivity contribution in [1.29, 1.82) is 0 Å². The molecule has 0 spiro atoms. The second-order valence-corrected chi connectivity index (χ2v) is 8.97. The molecule has 0 aliphatic carbocycles. The minimum Gasteiger partial charge on any atom is -0.493 e. The van der Waals surface area contributed by atoms with Crippen LogP contribution in [0.25, 0.3) is 0 Å². The van der Waals surface area contributed by atoms with E-state index in [4.69, 9.17) is 13.9 Å². The molecular weight excluding hydrogens is 416 g/mol. The molecule has 0 atom stereocenters. The van der Waals surface area contributed by atoms with Crippen LogP contribution in [-0.2, 0) is 19.5 Å². The number of nitrogens with zero attached hydrogens (tertiary/aromatic N) is 1. The number of furan rings is 1. The van der Waals surface area contributed by atoms with Crippen LogP contribution in [0.2, 0.25) is 0 Å². The summed E-state index contributed by atoms with van der Waals surface area (Å²) < 4.78 is 16.5. The first-order chi connectivity index (χ1) is 15.8. The summed E-state index contributed by atoms with van der Waals surface area (Å²) in [4.78, 5) is 14.9. The highest BCUT2D eigenvalue weighted by molar-refractivity contribution is 5.91. The highest BCUT2D eigenvalue weighted by Gasteiger charge is 2.23. The monoisotopic (exact) mass is 450 g/mol. The zero-order chi connectivity index (χ0) is 23.8. The molecule has 2 aromatic carbocycles. The fourth-order valence-corrected chi connectivity index (χ4v) is 3.55. The number of methoxy groups -OCH3 is 2. The fraction of sp³-hybridized carbons (Fsp3) is 0.370. The van der Waals surface area contributed by atoms with E-state index >= 15 is 0 Å². The summed E-state index contributed by atoms with van der Waals surface area (Å²) in [7, 11) is 3.22. The molecule has 1 N–H and O–H groups in total. The van der Waals surface area contributed by atoms with Gasteiger partial charge in [-0.3, -0.25) is 9.69 Å². The molecule has 1 aromatic heterocycles. The van der Waals surface area contributed by atoms with Crippen LogP contribution in [0.15, 0.2) is 65.1 Å². The highest BCUT2D eigenvalue weighted by Crippen LogP contribution is 2.27. The summed E-state index contributed by atoms with van der Waals surface area (Å²) in [6, 6.07) is 19.7. The number of hydrogen-bond donors (Lipinski definition) is 1. The van der Waals surface area contributed by atoms with Crippen LogP contribution < -0.4 is 14.8 Å². The number of ether oxygens (including phenoxy) is 2. The van der Waals surface area contributed by atoms with Crippen LogP contribution in [0.4, 0.5) is 0 Å². The van der Waals surface area contributed by atoms with E-state index in [1.807, 2.05) is 42.5 Å². The van der Waals surface area contributed by atoms with Crippen LogP contribution in [0.5, 0.6) is 11.5 Å². The lowest BCUT2D eigenvalue weighted by atomic mass is 10.0. The Morgan fingerprint density at radius 2 is 1.64 bits per heavy atom. The molecule has 3 aromatic rings. The van der Waals surface area contributed by atoms with Gasteiger partial charge in [0.25, 0.3) is 5.91 Å². The molecule has 176 valence electrons. The second-order valence-electron chi connectivity index (χ2n) is 8.97. The minimum absolute atomic E-state index is 0.0511. The normalized spacial score (nSPS) is 11.5. The average Bonchev–Trinajstić information content (AvgIpc) is 3.27. The van der Waals surface area contributed by atoms with Crippen LogP contribution in [-0.4, -0.2) is 37.1 Å². The van der Waals surface area contributed by atoms with Crippen molar-refractivity contribution in [3.63, 3.8) is 0 Å². The van der Waals surface area contributed by atoms with Crippen molar-refractivity contribution in [3.05, 3.63) is 83.3 Å². The van der Waals surface area contributed by atoms with Crippen LogP contribution >= 0.6 is 0 Å². The Kier molecular flexibility index (Phi) is 8.17. The molecule has 6 heteroatoms. The molecule has 0 saturated heterocycles. The Bertz CT molecular complexity index is 1040. The standard InChI is InChI=1S/C27H34N2O4/c1-27(2,3)29(18-21-9-7-6-8-10-21)19-22-12-14-24(33-22)26(30)28-16-15-20-11-13-23(31-4)25(17-20)32-5/h6-14,17H,15-16,18-19H2,1-5H3,(H,28,30). The van der Waals surface area contributed by atoms with Crippen LogP contribution in [0.3, 0.4) is 0 Å². The first-order valence-corrected chi connectivity index (χ1v) is 11.2. The second kappa shape index (κ2) is 11.1. The lowest BCUT2D eigenvalue weighted by Crippen LogP contribution is -2.40. The van der Waals surface area contributed by atoms with E-state index in [0.717, 1.165) is 17.9 Å². The van der Waals surface area contributed by atoms with Crippen molar-refractivity contribution in [2.45, 2.75) is 45.8 Å². The zero-order valence-electron chi connectivity index (χ0n) is 20.2. The van der Waals surface area contributed by atoms with E-state index in [-0.39, 0.29) is 11.4 Å². The topological polar surface area (TPSA) is 63.9 Å². The molecule has 6 nitrogen and oxygen atoms in total. The number of hydrogen-bond acceptors (Lipinski definition) is 5. The highest BCUT2D eigenvalue weighted by atomic mass is 16.5. The third kappa shape index (κ3) is 6.86. The van der Waals surface area contributed by atoms with Crippen molar-refractivity contribution in [3.8, 4) is 11.5 Å². The van der Waals surface area contributed by atoms with Crippen molar-refractivity contribution >= 4 is 5.91 Å². The number of nitrogens with one attached hydrogen (secondary N) is 1. The number of carbonyl (C=O) groups excluding carboxylic acids is 1. The predicted molar refractivity (Wildman–Crippen MR) is 130 cm³/mol. The largest absolute Gasteiger partial charge is 0.493 e. The van der Waals surface area contributed by atoms with E-state index in [0.29, 0.717) is 36.8 Å². The van der Waals surface area contributed by atoms with Gasteiger partial charge in [-0.2, -0.15) is 0 Å². The lowest BCUT2D eigenvalue weighted by Gasteiger charge is -2.35. The summed E-state index contributed by atoms with van der Waals surface area (Å²) in [5, 5.41) is 2.93. The summed E-state index contributed by atoms with van der Waals surface area (Å²) in [5.41, 5.74) is 2.24. The molecule has 1 heterocycles. The number of benzene rings is 2. The molecule has 1 amide bonds. The Morgan fingerprint density at radius 3 is 2.30 bits per heavy atom. The zero-order valence-corrected chi connectivity index (χ0v) is 20.2. The minimum atomic E-state index is -0.216. The Hall–Kier alpha value is -3.25. The molecule has 0 aliphatic heterocycles. The van der Waals surface area contributed by atoms with E-state index < -0.39 is 0 Å². The van der Waals surface area contributed by atoms with Crippen LogP contribution in [0, 0.1) is 0 Å². The van der Waals surface area contributed by atoms with Crippen LogP contribution in [0.1, 0.15) is 48.2 Å². The maximum atomic E-state index is 12.6. The molecule has 0 unspecified atom stereocenters. The number of rotatable bonds is 10. The molecule has 0 fully saturated rings.